The minimum Gasteiger partial charge on any atom is -0.359 e. The molecular formula is C27H31N5O4S2. The minimum absolute atomic E-state index is 0.0107. The predicted molar refractivity (Wildman–Crippen MR) is 149 cm³/mol. The number of sulfonamides is 1. The number of aromatic nitrogens is 1. The largest absolute Gasteiger partial charge is 0.359 e. The van der Waals surface area contributed by atoms with Gasteiger partial charge in [0.15, 0.2) is 5.13 Å². The highest BCUT2D eigenvalue weighted by Crippen LogP contribution is 2.32. The molecule has 5 rings (SSSR count). The summed E-state index contributed by atoms with van der Waals surface area (Å²) in [5, 5.41) is 1.98. The molecule has 2 aromatic carbocycles. The molecule has 3 aromatic rings. The third-order valence-corrected chi connectivity index (χ3v) is 9.18. The summed E-state index contributed by atoms with van der Waals surface area (Å²) < 4.78 is 27.7. The van der Waals surface area contributed by atoms with E-state index < -0.39 is 10.0 Å². The predicted octanol–water partition coefficient (Wildman–Crippen LogP) is 3.60. The van der Waals surface area contributed by atoms with E-state index in [0.29, 0.717) is 18.8 Å². The maximum Gasteiger partial charge on any atom is 0.263 e. The molecule has 38 heavy (non-hydrogen) atoms. The molecule has 9 nitrogen and oxygen atoms in total. The lowest BCUT2D eigenvalue weighted by Gasteiger charge is -2.43. The quantitative estimate of drug-likeness (QED) is 0.480. The van der Waals surface area contributed by atoms with Crippen LogP contribution in [-0.2, 0) is 26.0 Å². The van der Waals surface area contributed by atoms with Crippen LogP contribution in [0.3, 0.4) is 0 Å². The molecule has 0 unspecified atom stereocenters. The number of aryl methyl sites for hydroxylation is 1. The maximum absolute atomic E-state index is 13.8. The number of benzene rings is 2. The van der Waals surface area contributed by atoms with Crippen LogP contribution in [-0.4, -0.2) is 62.3 Å². The second kappa shape index (κ2) is 10.7. The highest BCUT2D eigenvalue weighted by Gasteiger charge is 2.37. The summed E-state index contributed by atoms with van der Waals surface area (Å²) in [6, 6.07) is 14.1. The number of carbonyl (C=O) groups is 2. The SMILES string of the molecule is CC(C)[C@H](C(=O)N1CCN(c2ccc(S(=O)(=O)Nc3nccs3)cc2)C(=O)C1)N1CCCc2ccccc21. The molecule has 0 bridgehead atoms. The summed E-state index contributed by atoms with van der Waals surface area (Å²) in [4.78, 5) is 36.4. The van der Waals surface area contributed by atoms with Gasteiger partial charge in [0, 0.05) is 42.6 Å². The molecule has 0 aliphatic carbocycles. The van der Waals surface area contributed by atoms with Gasteiger partial charge in [0.05, 0.1) is 4.90 Å². The number of piperazine rings is 1. The second-order valence-corrected chi connectivity index (χ2v) is 12.4. The van der Waals surface area contributed by atoms with Crippen molar-refractivity contribution in [3.8, 4) is 0 Å². The first kappa shape index (κ1) is 26.2. The van der Waals surface area contributed by atoms with Crippen molar-refractivity contribution in [2.75, 3.05) is 40.7 Å². The summed E-state index contributed by atoms with van der Waals surface area (Å²) in [5.41, 5.74) is 2.96. The molecule has 1 aromatic heterocycles. The van der Waals surface area contributed by atoms with E-state index in [2.05, 4.69) is 40.6 Å². The van der Waals surface area contributed by atoms with Crippen LogP contribution in [0, 0.1) is 5.92 Å². The number of fused-ring (bicyclic) bond motifs is 1. The lowest BCUT2D eigenvalue weighted by Crippen LogP contribution is -2.59. The Morgan fingerprint density at radius 3 is 2.50 bits per heavy atom. The number of nitrogens with zero attached hydrogens (tertiary/aromatic N) is 4. The average Bonchev–Trinajstić information content (AvgIpc) is 3.41. The molecule has 1 saturated heterocycles. The Bertz CT molecular complexity index is 1410. The molecule has 0 spiro atoms. The first-order valence-electron chi connectivity index (χ1n) is 12.7. The smallest absolute Gasteiger partial charge is 0.263 e. The summed E-state index contributed by atoms with van der Waals surface area (Å²) in [6.07, 6.45) is 3.52. The van der Waals surface area contributed by atoms with E-state index in [1.807, 2.05) is 12.1 Å². The van der Waals surface area contributed by atoms with Gasteiger partial charge in [0.2, 0.25) is 11.8 Å². The standard InChI is InChI=1S/C27H31N5O4S2/c1-19(2)25(32-14-5-7-20-6-3-4-8-23(20)32)26(34)30-15-16-31(24(33)18-30)21-9-11-22(12-10-21)38(35,36)29-27-28-13-17-37-27/h3-4,6,8-13,17,19,25H,5,7,14-16,18H2,1-2H3,(H,28,29)/t25-/m1/s1. The second-order valence-electron chi connectivity index (χ2n) is 9.86. The molecule has 11 heteroatoms. The molecule has 2 aliphatic heterocycles. The third kappa shape index (κ3) is 5.25. The fourth-order valence-corrected chi connectivity index (χ4v) is 6.99. The summed E-state index contributed by atoms with van der Waals surface area (Å²) in [6.45, 7) is 5.66. The molecule has 1 N–H and O–H groups in total. The lowest BCUT2D eigenvalue weighted by molar-refractivity contribution is -0.138. The van der Waals surface area contributed by atoms with E-state index in [4.69, 9.17) is 0 Å². The van der Waals surface area contributed by atoms with Crippen molar-refractivity contribution in [1.29, 1.82) is 0 Å². The van der Waals surface area contributed by atoms with Gasteiger partial charge in [-0.05, 0) is 54.7 Å². The number of hydrogen-bond acceptors (Lipinski definition) is 7. The van der Waals surface area contributed by atoms with E-state index >= 15 is 0 Å². The van der Waals surface area contributed by atoms with Gasteiger partial charge >= 0.3 is 0 Å². The zero-order valence-corrected chi connectivity index (χ0v) is 23.0. The molecule has 0 saturated carbocycles. The van der Waals surface area contributed by atoms with Crippen molar-refractivity contribution in [2.24, 2.45) is 5.92 Å². The van der Waals surface area contributed by atoms with Gasteiger partial charge in [-0.1, -0.05) is 32.0 Å². The Labute approximate surface area is 227 Å². The topological polar surface area (TPSA) is 103 Å². The van der Waals surface area contributed by atoms with E-state index in [1.165, 1.54) is 35.2 Å². The first-order chi connectivity index (χ1) is 18.2. The first-order valence-corrected chi connectivity index (χ1v) is 15.1. The van der Waals surface area contributed by atoms with Gasteiger partial charge in [-0.3, -0.25) is 14.3 Å². The highest BCUT2D eigenvalue weighted by atomic mass is 32.2. The Morgan fingerprint density at radius 1 is 1.05 bits per heavy atom. The normalized spacial score (nSPS) is 16.9. The van der Waals surface area contributed by atoms with Crippen LogP contribution in [0.4, 0.5) is 16.5 Å². The molecule has 200 valence electrons. The Balaban J connectivity index is 1.27. The van der Waals surface area contributed by atoms with Gasteiger partial charge in [0.1, 0.15) is 12.6 Å². The van der Waals surface area contributed by atoms with Crippen LogP contribution in [0.15, 0.2) is 65.0 Å². The third-order valence-electron chi connectivity index (χ3n) is 7.01. The molecule has 3 heterocycles. The summed E-state index contributed by atoms with van der Waals surface area (Å²) >= 11 is 1.19. The van der Waals surface area contributed by atoms with Crippen LogP contribution in [0.2, 0.25) is 0 Å². The van der Waals surface area contributed by atoms with Crippen molar-refractivity contribution < 1.29 is 18.0 Å². The number of anilines is 3. The van der Waals surface area contributed by atoms with Crippen molar-refractivity contribution in [2.45, 2.75) is 37.6 Å². The molecule has 2 aliphatic rings. The fourth-order valence-electron chi connectivity index (χ4n) is 5.20. The van der Waals surface area contributed by atoms with Gasteiger partial charge < -0.3 is 14.7 Å². The number of thiazole rings is 1. The number of nitrogens with one attached hydrogen (secondary N) is 1. The van der Waals surface area contributed by atoms with Crippen molar-refractivity contribution >= 4 is 49.7 Å². The van der Waals surface area contributed by atoms with Crippen molar-refractivity contribution in [3.05, 3.63) is 65.7 Å². The number of amides is 2. The van der Waals surface area contributed by atoms with Crippen molar-refractivity contribution in [3.63, 3.8) is 0 Å². The van der Waals surface area contributed by atoms with Crippen LogP contribution >= 0.6 is 11.3 Å². The summed E-state index contributed by atoms with van der Waals surface area (Å²) in [5.74, 6) is -0.142. The molecule has 2 amide bonds. The molecule has 1 fully saturated rings. The Morgan fingerprint density at radius 2 is 1.82 bits per heavy atom. The van der Waals surface area contributed by atoms with Crippen LogP contribution < -0.4 is 14.5 Å². The van der Waals surface area contributed by atoms with E-state index in [9.17, 15) is 18.0 Å². The van der Waals surface area contributed by atoms with Gasteiger partial charge in [-0.25, -0.2) is 13.4 Å². The van der Waals surface area contributed by atoms with Gasteiger partial charge in [-0.15, -0.1) is 11.3 Å². The zero-order chi connectivity index (χ0) is 26.9. The minimum atomic E-state index is -3.78. The number of carbonyl (C=O) groups excluding carboxylic acids is 2. The molecule has 0 radical (unpaired) electrons. The van der Waals surface area contributed by atoms with E-state index in [1.54, 1.807) is 27.3 Å². The van der Waals surface area contributed by atoms with Crippen molar-refractivity contribution in [1.82, 2.24) is 9.88 Å². The Hall–Kier alpha value is -3.44. The zero-order valence-electron chi connectivity index (χ0n) is 21.4. The monoisotopic (exact) mass is 553 g/mol. The van der Waals surface area contributed by atoms with Crippen LogP contribution in [0.25, 0.3) is 0 Å². The van der Waals surface area contributed by atoms with E-state index in [0.717, 1.165) is 25.1 Å². The van der Waals surface area contributed by atoms with Gasteiger partial charge in [0.25, 0.3) is 10.0 Å². The Kier molecular flexibility index (Phi) is 7.40. The lowest BCUT2D eigenvalue weighted by atomic mass is 9.94. The number of hydrogen-bond donors (Lipinski definition) is 1. The highest BCUT2D eigenvalue weighted by molar-refractivity contribution is 7.93. The number of para-hydroxylation sites is 1. The average molecular weight is 554 g/mol. The van der Waals surface area contributed by atoms with E-state index in [-0.39, 0.29) is 40.3 Å². The summed E-state index contributed by atoms with van der Waals surface area (Å²) in [7, 11) is -3.78. The molecular weight excluding hydrogens is 522 g/mol. The molecule has 1 atom stereocenters. The number of rotatable bonds is 7. The fraction of sp³-hybridized carbons (Fsp3) is 0.370. The van der Waals surface area contributed by atoms with Crippen LogP contribution in [0.5, 0.6) is 0 Å². The van der Waals surface area contributed by atoms with Gasteiger partial charge in [-0.2, -0.15) is 0 Å². The van der Waals surface area contributed by atoms with Crippen LogP contribution in [0.1, 0.15) is 25.8 Å². The maximum atomic E-state index is 13.8.